The van der Waals surface area contributed by atoms with E-state index in [2.05, 4.69) is 103 Å². The summed E-state index contributed by atoms with van der Waals surface area (Å²) < 4.78 is 4.63. The van der Waals surface area contributed by atoms with Crippen LogP contribution in [-0.2, 0) is 0 Å². The van der Waals surface area contributed by atoms with E-state index in [9.17, 15) is 0 Å². The highest BCUT2D eigenvalue weighted by Crippen LogP contribution is 2.41. The number of imidazole rings is 1. The first-order chi connectivity index (χ1) is 19.1. The zero-order valence-electron chi connectivity index (χ0n) is 22.0. The van der Waals surface area contributed by atoms with Gasteiger partial charge in [-0.3, -0.25) is 18.9 Å². The van der Waals surface area contributed by atoms with E-state index in [1.165, 1.54) is 33.0 Å². The van der Waals surface area contributed by atoms with E-state index in [0.717, 1.165) is 50.1 Å². The highest BCUT2D eigenvalue weighted by molar-refractivity contribution is 6.12. The van der Waals surface area contributed by atoms with Gasteiger partial charge in [0.25, 0.3) is 0 Å². The molecule has 8 rings (SSSR count). The van der Waals surface area contributed by atoms with E-state index in [1.54, 1.807) is 0 Å². The van der Waals surface area contributed by atoms with E-state index in [0.29, 0.717) is 0 Å². The lowest BCUT2D eigenvalue weighted by atomic mass is 9.97. The molecule has 0 radical (unpaired) electrons. The minimum Gasteiger partial charge on any atom is -0.292 e. The fourth-order valence-electron chi connectivity index (χ4n) is 6.44. The quantitative estimate of drug-likeness (QED) is 0.224. The molecule has 8 aromatic rings. The third-order valence-electron chi connectivity index (χ3n) is 7.86. The SMILES string of the molecule is Cc1cc(C)c(-c2c(-n3c4ccccc4c4ccccc43)nc3c4cccnc4c4ncccc4n23)c(C)c1. The van der Waals surface area contributed by atoms with Gasteiger partial charge in [-0.15, -0.1) is 0 Å². The van der Waals surface area contributed by atoms with Crippen LogP contribution in [0.1, 0.15) is 16.7 Å². The molecule has 0 bridgehead atoms. The maximum absolute atomic E-state index is 5.47. The second-order valence-corrected chi connectivity index (χ2v) is 10.4. The van der Waals surface area contributed by atoms with Crippen molar-refractivity contribution >= 4 is 49.4 Å². The Labute approximate surface area is 225 Å². The summed E-state index contributed by atoms with van der Waals surface area (Å²) in [6.45, 7) is 6.56. The minimum atomic E-state index is 0.864. The van der Waals surface area contributed by atoms with Crippen molar-refractivity contribution in [3.63, 3.8) is 0 Å². The van der Waals surface area contributed by atoms with Crippen LogP contribution < -0.4 is 0 Å². The second kappa shape index (κ2) is 7.98. The van der Waals surface area contributed by atoms with Crippen molar-refractivity contribution in [2.45, 2.75) is 20.8 Å². The van der Waals surface area contributed by atoms with Gasteiger partial charge in [0, 0.05) is 34.1 Å². The Bertz CT molecular complexity index is 2190. The summed E-state index contributed by atoms with van der Waals surface area (Å²) in [4.78, 5) is 15.0. The van der Waals surface area contributed by atoms with Crippen LogP contribution in [0, 0.1) is 20.8 Å². The molecule has 0 saturated carbocycles. The number of rotatable bonds is 2. The fraction of sp³-hybridized carbons (Fsp3) is 0.0882. The molecule has 5 aromatic heterocycles. The average Bonchev–Trinajstić information content (AvgIpc) is 3.49. The van der Waals surface area contributed by atoms with Crippen LogP contribution >= 0.6 is 0 Å². The van der Waals surface area contributed by atoms with E-state index >= 15 is 0 Å². The highest BCUT2D eigenvalue weighted by Gasteiger charge is 2.26. The van der Waals surface area contributed by atoms with Crippen molar-refractivity contribution in [3.05, 3.63) is 114 Å². The first kappa shape index (κ1) is 22.0. The molecule has 5 heterocycles. The van der Waals surface area contributed by atoms with Gasteiger partial charge >= 0.3 is 0 Å². The van der Waals surface area contributed by atoms with Crippen LogP contribution in [0.5, 0.6) is 0 Å². The van der Waals surface area contributed by atoms with Crippen molar-refractivity contribution in [3.8, 4) is 17.1 Å². The van der Waals surface area contributed by atoms with Crippen molar-refractivity contribution in [2.75, 3.05) is 0 Å². The predicted molar refractivity (Wildman–Crippen MR) is 160 cm³/mol. The number of aromatic nitrogens is 5. The number of pyridine rings is 3. The number of para-hydroxylation sites is 2. The largest absolute Gasteiger partial charge is 0.292 e. The molecule has 0 spiro atoms. The highest BCUT2D eigenvalue weighted by atomic mass is 15.2. The molecule has 0 saturated heterocycles. The zero-order chi connectivity index (χ0) is 26.2. The van der Waals surface area contributed by atoms with Crippen molar-refractivity contribution < 1.29 is 0 Å². The number of benzene rings is 3. The molecule has 5 nitrogen and oxygen atoms in total. The van der Waals surface area contributed by atoms with Gasteiger partial charge in [0.2, 0.25) is 0 Å². The molecule has 5 heteroatoms. The fourth-order valence-corrected chi connectivity index (χ4v) is 6.44. The van der Waals surface area contributed by atoms with Crippen LogP contribution in [0.2, 0.25) is 0 Å². The number of nitrogens with zero attached hydrogens (tertiary/aromatic N) is 5. The van der Waals surface area contributed by atoms with Gasteiger partial charge in [-0.25, -0.2) is 4.98 Å². The molecule has 3 aromatic carbocycles. The van der Waals surface area contributed by atoms with Gasteiger partial charge in [0.15, 0.2) is 5.82 Å². The maximum Gasteiger partial charge on any atom is 0.165 e. The lowest BCUT2D eigenvalue weighted by Crippen LogP contribution is -2.02. The topological polar surface area (TPSA) is 48.0 Å². The molecule has 0 atom stereocenters. The Morgan fingerprint density at radius 2 is 1.15 bits per heavy atom. The Balaban J connectivity index is 1.68. The molecule has 0 aliphatic carbocycles. The van der Waals surface area contributed by atoms with E-state index in [4.69, 9.17) is 15.0 Å². The molecule has 39 heavy (non-hydrogen) atoms. The van der Waals surface area contributed by atoms with Crippen molar-refractivity contribution in [1.29, 1.82) is 0 Å². The summed E-state index contributed by atoms with van der Waals surface area (Å²) in [7, 11) is 0. The monoisotopic (exact) mass is 503 g/mol. The summed E-state index contributed by atoms with van der Waals surface area (Å²) in [5.41, 5.74) is 11.8. The van der Waals surface area contributed by atoms with Gasteiger partial charge in [-0.2, -0.15) is 0 Å². The minimum absolute atomic E-state index is 0.864. The van der Waals surface area contributed by atoms with E-state index in [1.807, 2.05) is 24.5 Å². The Kier molecular flexibility index (Phi) is 4.50. The Morgan fingerprint density at radius 3 is 1.85 bits per heavy atom. The molecule has 0 aliphatic rings. The standard InChI is InChI=1S/C34H25N5/c1-20-18-21(2)29(22(3)19-20)32-34(38-26-13-6-4-10-23(26)24-11-5-7-14-27(24)38)37-33-25-12-8-16-35-30(25)31-28(39(32)33)15-9-17-36-31/h4-19H,1-3H3. The van der Waals surface area contributed by atoms with E-state index < -0.39 is 0 Å². The van der Waals surface area contributed by atoms with E-state index in [-0.39, 0.29) is 0 Å². The van der Waals surface area contributed by atoms with Gasteiger partial charge < -0.3 is 0 Å². The first-order valence-corrected chi connectivity index (χ1v) is 13.2. The van der Waals surface area contributed by atoms with Gasteiger partial charge in [0.05, 0.1) is 22.2 Å². The predicted octanol–water partition coefficient (Wildman–Crippen LogP) is 8.12. The Morgan fingerprint density at radius 1 is 0.590 bits per heavy atom. The van der Waals surface area contributed by atoms with Crippen LogP contribution in [0.4, 0.5) is 0 Å². The van der Waals surface area contributed by atoms with Crippen LogP contribution in [-0.4, -0.2) is 23.9 Å². The summed E-state index contributed by atoms with van der Waals surface area (Å²) in [5, 5.41) is 3.41. The number of hydrogen-bond acceptors (Lipinski definition) is 3. The molecule has 0 amide bonds. The van der Waals surface area contributed by atoms with Gasteiger partial charge in [0.1, 0.15) is 16.7 Å². The van der Waals surface area contributed by atoms with Gasteiger partial charge in [-0.1, -0.05) is 54.1 Å². The second-order valence-electron chi connectivity index (χ2n) is 10.4. The summed E-state index contributed by atoms with van der Waals surface area (Å²) >= 11 is 0. The summed E-state index contributed by atoms with van der Waals surface area (Å²) in [6, 6.07) is 29.9. The molecular weight excluding hydrogens is 478 g/mol. The maximum atomic E-state index is 5.47. The number of fused-ring (bicyclic) bond motifs is 9. The molecule has 0 N–H and O–H groups in total. The third kappa shape index (κ3) is 2.98. The zero-order valence-corrected chi connectivity index (χ0v) is 22.0. The van der Waals surface area contributed by atoms with Crippen LogP contribution in [0.3, 0.4) is 0 Å². The molecule has 0 aliphatic heterocycles. The van der Waals surface area contributed by atoms with Crippen molar-refractivity contribution in [1.82, 2.24) is 23.9 Å². The molecular formula is C34H25N5. The molecule has 0 unspecified atom stereocenters. The lowest BCUT2D eigenvalue weighted by molar-refractivity contribution is 1.11. The van der Waals surface area contributed by atoms with Gasteiger partial charge in [-0.05, 0) is 68.3 Å². The van der Waals surface area contributed by atoms with Crippen molar-refractivity contribution in [2.24, 2.45) is 0 Å². The number of hydrogen-bond donors (Lipinski definition) is 0. The van der Waals surface area contributed by atoms with Crippen LogP contribution in [0.25, 0.3) is 66.5 Å². The van der Waals surface area contributed by atoms with Crippen LogP contribution in [0.15, 0.2) is 97.3 Å². The third-order valence-corrected chi connectivity index (χ3v) is 7.86. The Hall–Kier alpha value is -5.03. The molecule has 0 fully saturated rings. The normalized spacial score (nSPS) is 12.0. The summed E-state index contributed by atoms with van der Waals surface area (Å²) in [6.07, 6.45) is 3.67. The lowest BCUT2D eigenvalue weighted by Gasteiger charge is -2.16. The smallest absolute Gasteiger partial charge is 0.165 e. The molecule has 186 valence electrons. The first-order valence-electron chi connectivity index (χ1n) is 13.2. The number of aryl methyl sites for hydroxylation is 3. The summed E-state index contributed by atoms with van der Waals surface area (Å²) in [5.74, 6) is 0.906. The average molecular weight is 504 g/mol.